The van der Waals surface area contributed by atoms with E-state index in [1.165, 1.54) is 10.8 Å². The van der Waals surface area contributed by atoms with Crippen molar-refractivity contribution in [2.45, 2.75) is 0 Å². The van der Waals surface area contributed by atoms with E-state index in [9.17, 15) is 0 Å². The van der Waals surface area contributed by atoms with E-state index in [2.05, 4.69) is 13.9 Å². The number of furan rings is 1. The fourth-order valence-corrected chi connectivity index (χ4v) is 1.09. The number of hydrogen-bond acceptors (Lipinski definition) is 1. The Morgan fingerprint density at radius 3 is 3.00 bits per heavy atom. The minimum atomic E-state index is 0.964. The van der Waals surface area contributed by atoms with E-state index in [1.54, 1.807) is 6.26 Å². The summed E-state index contributed by atoms with van der Waals surface area (Å²) in [6, 6.07) is 8.12. The lowest BCUT2D eigenvalue weighted by molar-refractivity contribution is 0.616. The van der Waals surface area contributed by atoms with Crippen molar-refractivity contribution in [2.75, 3.05) is 0 Å². The molecule has 10 heavy (non-hydrogen) atoms. The van der Waals surface area contributed by atoms with Crippen LogP contribution in [-0.4, -0.2) is 7.85 Å². The maximum Gasteiger partial charge on any atom is 0.139 e. The molecule has 0 radical (unpaired) electrons. The minimum absolute atomic E-state index is 0.964. The summed E-state index contributed by atoms with van der Waals surface area (Å²) in [4.78, 5) is 0. The first kappa shape index (κ1) is 5.60. The van der Waals surface area contributed by atoms with Gasteiger partial charge in [0, 0.05) is 5.39 Å². The summed E-state index contributed by atoms with van der Waals surface area (Å²) >= 11 is 0. The summed E-state index contributed by atoms with van der Waals surface area (Å²) in [7, 11) is 2.08. The Balaban J connectivity index is 2.86. The van der Waals surface area contributed by atoms with E-state index in [-0.39, 0.29) is 0 Å². The third-order valence-electron chi connectivity index (χ3n) is 1.61. The van der Waals surface area contributed by atoms with Crippen LogP contribution in [0, 0.1) is 0 Å². The molecular formula is C8H7BO. The van der Waals surface area contributed by atoms with E-state index in [0.29, 0.717) is 0 Å². The van der Waals surface area contributed by atoms with Gasteiger partial charge in [-0.3, -0.25) is 0 Å². The van der Waals surface area contributed by atoms with Crippen LogP contribution < -0.4 is 5.46 Å². The number of benzene rings is 1. The van der Waals surface area contributed by atoms with Crippen LogP contribution in [0.5, 0.6) is 0 Å². The maximum atomic E-state index is 5.17. The molecule has 0 saturated heterocycles. The Bertz CT molecular complexity index is 351. The van der Waals surface area contributed by atoms with Crippen molar-refractivity contribution < 1.29 is 4.42 Å². The Morgan fingerprint density at radius 1 is 1.20 bits per heavy atom. The van der Waals surface area contributed by atoms with Gasteiger partial charge in [0.15, 0.2) is 0 Å². The summed E-state index contributed by atoms with van der Waals surface area (Å²) in [6.07, 6.45) is 1.71. The molecule has 0 unspecified atom stereocenters. The zero-order valence-electron chi connectivity index (χ0n) is 5.79. The lowest BCUT2D eigenvalue weighted by Crippen LogP contribution is -1.98. The number of rotatable bonds is 0. The summed E-state index contributed by atoms with van der Waals surface area (Å²) in [6.45, 7) is 0. The van der Waals surface area contributed by atoms with Gasteiger partial charge in [0.05, 0.1) is 6.26 Å². The highest BCUT2D eigenvalue weighted by Crippen LogP contribution is 2.11. The summed E-state index contributed by atoms with van der Waals surface area (Å²) in [5.41, 5.74) is 2.24. The standard InChI is InChI=1S/C8H7BO/c9-7-1-2-8-6(5-7)3-4-10-8/h1-5H,9H2. The molecule has 0 aliphatic heterocycles. The first-order chi connectivity index (χ1) is 4.86. The van der Waals surface area contributed by atoms with Crippen molar-refractivity contribution in [3.63, 3.8) is 0 Å². The van der Waals surface area contributed by atoms with Crippen molar-refractivity contribution in [3.8, 4) is 0 Å². The Kier molecular flexibility index (Phi) is 1.07. The SMILES string of the molecule is Bc1ccc2occc2c1. The van der Waals surface area contributed by atoms with Crippen molar-refractivity contribution in [1.82, 2.24) is 0 Å². The molecule has 2 aromatic rings. The molecule has 1 aromatic heterocycles. The maximum absolute atomic E-state index is 5.17. The van der Waals surface area contributed by atoms with Crippen molar-refractivity contribution in [3.05, 3.63) is 30.5 Å². The van der Waals surface area contributed by atoms with Gasteiger partial charge in [-0.15, -0.1) is 0 Å². The normalized spacial score (nSPS) is 10.4. The van der Waals surface area contributed by atoms with Gasteiger partial charge in [-0.2, -0.15) is 0 Å². The molecule has 0 bridgehead atoms. The van der Waals surface area contributed by atoms with Gasteiger partial charge in [0.25, 0.3) is 0 Å². The molecule has 0 N–H and O–H groups in total. The van der Waals surface area contributed by atoms with Crippen LogP contribution in [0.25, 0.3) is 11.0 Å². The molecule has 0 spiro atoms. The summed E-state index contributed by atoms with van der Waals surface area (Å²) < 4.78 is 5.17. The molecule has 0 amide bonds. The molecule has 1 aromatic carbocycles. The lowest BCUT2D eigenvalue weighted by Gasteiger charge is -1.89. The van der Waals surface area contributed by atoms with Gasteiger partial charge >= 0.3 is 0 Å². The second-order valence-corrected chi connectivity index (χ2v) is 2.46. The van der Waals surface area contributed by atoms with Crippen LogP contribution in [-0.2, 0) is 0 Å². The Morgan fingerprint density at radius 2 is 2.10 bits per heavy atom. The predicted octanol–water partition coefficient (Wildman–Crippen LogP) is 0.691. The van der Waals surface area contributed by atoms with Gasteiger partial charge in [0.2, 0.25) is 0 Å². The molecule has 2 rings (SSSR count). The Hall–Kier alpha value is -1.18. The highest BCUT2D eigenvalue weighted by Gasteiger charge is 1.93. The molecule has 0 saturated carbocycles. The second-order valence-electron chi connectivity index (χ2n) is 2.46. The first-order valence-corrected chi connectivity index (χ1v) is 3.30. The van der Waals surface area contributed by atoms with E-state index in [4.69, 9.17) is 4.42 Å². The fraction of sp³-hybridized carbons (Fsp3) is 0. The average molecular weight is 130 g/mol. The van der Waals surface area contributed by atoms with Gasteiger partial charge in [-0.05, 0) is 12.1 Å². The fourth-order valence-electron chi connectivity index (χ4n) is 1.09. The smallest absolute Gasteiger partial charge is 0.139 e. The van der Waals surface area contributed by atoms with Crippen LogP contribution in [0.2, 0.25) is 0 Å². The van der Waals surface area contributed by atoms with Gasteiger partial charge in [-0.1, -0.05) is 17.6 Å². The largest absolute Gasteiger partial charge is 0.464 e. The van der Waals surface area contributed by atoms with Crippen molar-refractivity contribution >= 4 is 24.3 Å². The zero-order chi connectivity index (χ0) is 6.97. The quantitative estimate of drug-likeness (QED) is 0.478. The van der Waals surface area contributed by atoms with E-state index >= 15 is 0 Å². The van der Waals surface area contributed by atoms with E-state index in [1.807, 2.05) is 18.2 Å². The van der Waals surface area contributed by atoms with Crippen molar-refractivity contribution in [1.29, 1.82) is 0 Å². The average Bonchev–Trinajstić information content (AvgIpc) is 2.33. The molecule has 0 aliphatic carbocycles. The second kappa shape index (κ2) is 1.91. The van der Waals surface area contributed by atoms with Gasteiger partial charge in [-0.25, -0.2) is 0 Å². The molecule has 48 valence electrons. The van der Waals surface area contributed by atoms with Crippen LogP contribution in [0.3, 0.4) is 0 Å². The Labute approximate surface area is 60.1 Å². The number of hydrogen-bond donors (Lipinski definition) is 0. The third kappa shape index (κ3) is 0.729. The lowest BCUT2D eigenvalue weighted by atomic mass is 9.95. The highest BCUT2D eigenvalue weighted by molar-refractivity contribution is 6.33. The van der Waals surface area contributed by atoms with Crippen molar-refractivity contribution in [2.24, 2.45) is 0 Å². The summed E-state index contributed by atoms with van der Waals surface area (Å²) in [5, 5.41) is 1.18. The topological polar surface area (TPSA) is 13.1 Å². The molecule has 0 fully saturated rings. The number of fused-ring (bicyclic) bond motifs is 1. The summed E-state index contributed by atoms with van der Waals surface area (Å²) in [5.74, 6) is 0. The molecule has 1 heterocycles. The van der Waals surface area contributed by atoms with E-state index in [0.717, 1.165) is 5.58 Å². The molecule has 1 nitrogen and oxygen atoms in total. The molecule has 2 heteroatoms. The monoisotopic (exact) mass is 130 g/mol. The zero-order valence-corrected chi connectivity index (χ0v) is 5.79. The first-order valence-electron chi connectivity index (χ1n) is 3.30. The minimum Gasteiger partial charge on any atom is -0.464 e. The van der Waals surface area contributed by atoms with Crippen LogP contribution in [0.15, 0.2) is 34.9 Å². The molecular weight excluding hydrogens is 123 g/mol. The third-order valence-corrected chi connectivity index (χ3v) is 1.61. The van der Waals surface area contributed by atoms with Crippen LogP contribution in [0.1, 0.15) is 0 Å². The van der Waals surface area contributed by atoms with Crippen LogP contribution >= 0.6 is 0 Å². The van der Waals surface area contributed by atoms with Gasteiger partial charge < -0.3 is 4.42 Å². The van der Waals surface area contributed by atoms with E-state index < -0.39 is 0 Å². The molecule has 0 atom stereocenters. The highest BCUT2D eigenvalue weighted by atomic mass is 16.3. The molecule has 0 aliphatic rings. The predicted molar refractivity (Wildman–Crippen MR) is 44.4 cm³/mol. The van der Waals surface area contributed by atoms with Crippen LogP contribution in [0.4, 0.5) is 0 Å². The van der Waals surface area contributed by atoms with Gasteiger partial charge in [0.1, 0.15) is 13.4 Å².